The molecule has 0 fully saturated rings. The molecule has 0 aliphatic rings. The van der Waals surface area contributed by atoms with Gasteiger partial charge in [0.15, 0.2) is 0 Å². The van der Waals surface area contributed by atoms with E-state index in [9.17, 15) is 4.39 Å². The molecule has 96 valence electrons. The molecule has 1 atom stereocenters. The zero-order valence-corrected chi connectivity index (χ0v) is 10.7. The summed E-state index contributed by atoms with van der Waals surface area (Å²) in [5.41, 5.74) is 7.32. The third kappa shape index (κ3) is 3.41. The number of para-hydroxylation sites is 1. The lowest BCUT2D eigenvalue weighted by molar-refractivity contribution is 0.205. The summed E-state index contributed by atoms with van der Waals surface area (Å²) in [6, 6.07) is 4.86. The maximum absolute atomic E-state index is 13.9. The van der Waals surface area contributed by atoms with Gasteiger partial charge in [0.05, 0.1) is 12.3 Å². The van der Waals surface area contributed by atoms with Gasteiger partial charge in [-0.05, 0) is 25.5 Å². The Balaban J connectivity index is 3.07. The summed E-state index contributed by atoms with van der Waals surface area (Å²) < 4.78 is 19.0. The number of ether oxygens (including phenoxy) is 1. The molecule has 0 aliphatic heterocycles. The second-order valence-electron chi connectivity index (χ2n) is 4.04. The van der Waals surface area contributed by atoms with Crippen molar-refractivity contribution in [1.29, 1.82) is 0 Å². The fraction of sp³-hybridized carbons (Fsp3) is 0.538. The molecule has 1 aromatic rings. The molecule has 0 saturated heterocycles. The minimum Gasteiger partial charge on any atom is -0.383 e. The van der Waals surface area contributed by atoms with Gasteiger partial charge in [0.1, 0.15) is 5.82 Å². The average Bonchev–Trinajstić information content (AvgIpc) is 2.31. The minimum atomic E-state index is -0.224. The van der Waals surface area contributed by atoms with E-state index >= 15 is 0 Å². The van der Waals surface area contributed by atoms with Crippen LogP contribution in [0.4, 0.5) is 10.1 Å². The van der Waals surface area contributed by atoms with Gasteiger partial charge < -0.3 is 15.4 Å². The molecule has 0 unspecified atom stereocenters. The van der Waals surface area contributed by atoms with Crippen molar-refractivity contribution in [3.05, 3.63) is 29.6 Å². The Morgan fingerprint density at radius 1 is 1.47 bits per heavy atom. The number of rotatable bonds is 6. The Bertz CT molecular complexity index is 355. The topological polar surface area (TPSA) is 38.5 Å². The first kappa shape index (κ1) is 13.9. The average molecular weight is 240 g/mol. The normalized spacial score (nSPS) is 12.5. The van der Waals surface area contributed by atoms with Gasteiger partial charge in [-0.25, -0.2) is 4.39 Å². The first-order chi connectivity index (χ1) is 8.11. The van der Waals surface area contributed by atoms with Crippen molar-refractivity contribution in [3.63, 3.8) is 0 Å². The molecule has 1 aromatic carbocycles. The van der Waals surface area contributed by atoms with E-state index in [0.29, 0.717) is 18.8 Å². The van der Waals surface area contributed by atoms with E-state index in [0.717, 1.165) is 12.1 Å². The van der Waals surface area contributed by atoms with Crippen LogP contribution in [0.1, 0.15) is 25.5 Å². The molecule has 2 N–H and O–H groups in total. The van der Waals surface area contributed by atoms with Gasteiger partial charge in [0.25, 0.3) is 0 Å². The van der Waals surface area contributed by atoms with Crippen LogP contribution in [0.3, 0.4) is 0 Å². The molecule has 17 heavy (non-hydrogen) atoms. The molecule has 0 bridgehead atoms. The van der Waals surface area contributed by atoms with Crippen molar-refractivity contribution in [3.8, 4) is 0 Å². The smallest absolute Gasteiger partial charge is 0.146 e. The molecule has 0 spiro atoms. The molecule has 0 heterocycles. The van der Waals surface area contributed by atoms with E-state index in [1.807, 2.05) is 24.8 Å². The SMILES string of the molecule is CCN(CCOC)c1c(F)cccc1[C@H](C)N. The first-order valence-corrected chi connectivity index (χ1v) is 5.89. The maximum atomic E-state index is 13.9. The van der Waals surface area contributed by atoms with Gasteiger partial charge in [-0.15, -0.1) is 0 Å². The lowest BCUT2D eigenvalue weighted by Gasteiger charge is -2.27. The molecule has 0 saturated carbocycles. The Morgan fingerprint density at radius 2 is 2.18 bits per heavy atom. The first-order valence-electron chi connectivity index (χ1n) is 5.89. The van der Waals surface area contributed by atoms with Crippen molar-refractivity contribution >= 4 is 5.69 Å². The van der Waals surface area contributed by atoms with Gasteiger partial charge in [-0.2, -0.15) is 0 Å². The number of anilines is 1. The van der Waals surface area contributed by atoms with Crippen LogP contribution in [-0.4, -0.2) is 26.8 Å². The van der Waals surface area contributed by atoms with Crippen LogP contribution in [0.5, 0.6) is 0 Å². The fourth-order valence-corrected chi connectivity index (χ4v) is 1.86. The minimum absolute atomic E-state index is 0.183. The highest BCUT2D eigenvalue weighted by Gasteiger charge is 2.16. The monoisotopic (exact) mass is 240 g/mol. The van der Waals surface area contributed by atoms with E-state index in [1.54, 1.807) is 13.2 Å². The number of nitrogens with zero attached hydrogens (tertiary/aromatic N) is 1. The largest absolute Gasteiger partial charge is 0.383 e. The summed E-state index contributed by atoms with van der Waals surface area (Å²) in [5, 5.41) is 0. The van der Waals surface area contributed by atoms with Gasteiger partial charge in [-0.1, -0.05) is 12.1 Å². The van der Waals surface area contributed by atoms with Crippen LogP contribution in [0.25, 0.3) is 0 Å². The summed E-state index contributed by atoms with van der Waals surface area (Å²) >= 11 is 0. The standard InChI is InChI=1S/C13H21FN2O/c1-4-16(8-9-17-3)13-11(10(2)15)6-5-7-12(13)14/h5-7,10H,4,8-9,15H2,1-3H3/t10-/m0/s1. The Kier molecular flexibility index (Phi) is 5.38. The summed E-state index contributed by atoms with van der Waals surface area (Å²) in [7, 11) is 1.64. The highest BCUT2D eigenvalue weighted by molar-refractivity contribution is 5.56. The summed E-state index contributed by atoms with van der Waals surface area (Å²) in [4.78, 5) is 1.96. The van der Waals surface area contributed by atoms with Crippen molar-refractivity contribution in [2.75, 3.05) is 31.7 Å². The van der Waals surface area contributed by atoms with Gasteiger partial charge in [0.2, 0.25) is 0 Å². The number of methoxy groups -OCH3 is 1. The zero-order valence-electron chi connectivity index (χ0n) is 10.7. The molecular formula is C13H21FN2O. The number of nitrogens with two attached hydrogens (primary N) is 1. The molecule has 4 heteroatoms. The molecular weight excluding hydrogens is 219 g/mol. The maximum Gasteiger partial charge on any atom is 0.146 e. The second-order valence-corrected chi connectivity index (χ2v) is 4.04. The lowest BCUT2D eigenvalue weighted by Crippen LogP contribution is -2.29. The number of halogens is 1. The molecule has 0 amide bonds. The Hall–Kier alpha value is -1.13. The van der Waals surface area contributed by atoms with Crippen LogP contribution in [-0.2, 0) is 4.74 Å². The molecule has 0 radical (unpaired) electrons. The summed E-state index contributed by atoms with van der Waals surface area (Å²) in [5.74, 6) is -0.224. The molecule has 0 aliphatic carbocycles. The Labute approximate surface area is 102 Å². The van der Waals surface area contributed by atoms with Crippen molar-refractivity contribution < 1.29 is 9.13 Å². The molecule has 3 nitrogen and oxygen atoms in total. The molecule has 1 rings (SSSR count). The third-order valence-electron chi connectivity index (χ3n) is 2.77. The molecule has 0 aromatic heterocycles. The second kappa shape index (κ2) is 6.57. The van der Waals surface area contributed by atoms with E-state index in [2.05, 4.69) is 0 Å². The highest BCUT2D eigenvalue weighted by atomic mass is 19.1. The summed E-state index contributed by atoms with van der Waals surface area (Å²) in [6.07, 6.45) is 0. The van der Waals surface area contributed by atoms with E-state index < -0.39 is 0 Å². The van der Waals surface area contributed by atoms with Gasteiger partial charge in [-0.3, -0.25) is 0 Å². The predicted octanol–water partition coefficient (Wildman–Crippen LogP) is 2.32. The van der Waals surface area contributed by atoms with E-state index in [4.69, 9.17) is 10.5 Å². The Morgan fingerprint density at radius 3 is 2.71 bits per heavy atom. The predicted molar refractivity (Wildman–Crippen MR) is 68.8 cm³/mol. The van der Waals surface area contributed by atoms with Crippen LogP contribution in [0.2, 0.25) is 0 Å². The lowest BCUT2D eigenvalue weighted by atomic mass is 10.1. The van der Waals surface area contributed by atoms with Crippen LogP contribution in [0.15, 0.2) is 18.2 Å². The van der Waals surface area contributed by atoms with Crippen molar-refractivity contribution in [2.24, 2.45) is 5.73 Å². The number of likely N-dealkylation sites (N-methyl/N-ethyl adjacent to an activating group) is 1. The number of benzene rings is 1. The van der Waals surface area contributed by atoms with Gasteiger partial charge >= 0.3 is 0 Å². The quantitative estimate of drug-likeness (QED) is 0.829. The summed E-state index contributed by atoms with van der Waals surface area (Å²) in [6.45, 7) is 5.81. The third-order valence-corrected chi connectivity index (χ3v) is 2.77. The van der Waals surface area contributed by atoms with E-state index in [1.165, 1.54) is 6.07 Å². The number of hydrogen-bond acceptors (Lipinski definition) is 3. The van der Waals surface area contributed by atoms with Crippen LogP contribution in [0, 0.1) is 5.82 Å². The van der Waals surface area contributed by atoms with Gasteiger partial charge in [0, 0.05) is 26.2 Å². The highest BCUT2D eigenvalue weighted by Crippen LogP contribution is 2.28. The van der Waals surface area contributed by atoms with Crippen molar-refractivity contribution in [2.45, 2.75) is 19.9 Å². The van der Waals surface area contributed by atoms with E-state index in [-0.39, 0.29) is 11.9 Å². The van der Waals surface area contributed by atoms with Crippen LogP contribution < -0.4 is 10.6 Å². The van der Waals surface area contributed by atoms with Crippen molar-refractivity contribution in [1.82, 2.24) is 0 Å². The fourth-order valence-electron chi connectivity index (χ4n) is 1.86. The number of hydrogen-bond donors (Lipinski definition) is 1. The van der Waals surface area contributed by atoms with Crippen LogP contribution >= 0.6 is 0 Å². The zero-order chi connectivity index (χ0) is 12.8.